The molecule has 0 aromatic heterocycles. The van der Waals surface area contributed by atoms with Crippen molar-refractivity contribution in [1.82, 2.24) is 15.1 Å². The van der Waals surface area contributed by atoms with Crippen LogP contribution >= 0.6 is 24.0 Å². The van der Waals surface area contributed by atoms with E-state index in [1.165, 1.54) is 19.3 Å². The fourth-order valence-corrected chi connectivity index (χ4v) is 2.74. The SMILES string of the molecule is C=CCCCCCN(C)C(=NCC(C)N1CCOCC1)NCC.I. The Morgan fingerprint density at radius 3 is 2.67 bits per heavy atom. The first-order chi connectivity index (χ1) is 11.2. The van der Waals surface area contributed by atoms with Crippen molar-refractivity contribution in [2.24, 2.45) is 4.99 Å². The van der Waals surface area contributed by atoms with E-state index >= 15 is 0 Å². The van der Waals surface area contributed by atoms with Gasteiger partial charge in [-0.2, -0.15) is 0 Å². The van der Waals surface area contributed by atoms with E-state index in [0.29, 0.717) is 6.04 Å². The Balaban J connectivity index is 0.00000529. The van der Waals surface area contributed by atoms with Crippen molar-refractivity contribution in [2.45, 2.75) is 45.6 Å². The van der Waals surface area contributed by atoms with Crippen LogP contribution < -0.4 is 5.32 Å². The number of allylic oxidation sites excluding steroid dienone is 1. The zero-order chi connectivity index (χ0) is 16.9. The number of aliphatic imine (C=N–C) groups is 1. The molecular weight excluding hydrogens is 415 g/mol. The third-order valence-electron chi connectivity index (χ3n) is 4.27. The number of hydrogen-bond acceptors (Lipinski definition) is 3. The Labute approximate surface area is 165 Å². The number of guanidine groups is 1. The molecule has 24 heavy (non-hydrogen) atoms. The third-order valence-corrected chi connectivity index (χ3v) is 4.27. The topological polar surface area (TPSA) is 40.1 Å². The number of ether oxygens (including phenoxy) is 1. The van der Waals surface area contributed by atoms with Crippen LogP contribution in [0.1, 0.15) is 39.5 Å². The van der Waals surface area contributed by atoms with Crippen molar-refractivity contribution >= 4 is 29.9 Å². The van der Waals surface area contributed by atoms with Crippen molar-refractivity contribution in [3.63, 3.8) is 0 Å². The van der Waals surface area contributed by atoms with E-state index in [9.17, 15) is 0 Å². The number of halogens is 1. The molecule has 1 unspecified atom stereocenters. The number of morpholine rings is 1. The van der Waals surface area contributed by atoms with E-state index in [2.05, 4.69) is 42.6 Å². The lowest BCUT2D eigenvalue weighted by Crippen LogP contribution is -2.45. The predicted molar refractivity (Wildman–Crippen MR) is 115 cm³/mol. The van der Waals surface area contributed by atoms with Crippen LogP contribution in [-0.4, -0.2) is 74.8 Å². The molecule has 0 saturated carbocycles. The van der Waals surface area contributed by atoms with Crippen LogP contribution in [0.2, 0.25) is 0 Å². The minimum absolute atomic E-state index is 0. The number of rotatable bonds is 10. The molecule has 0 radical (unpaired) electrons. The normalized spacial score (nSPS) is 17.0. The van der Waals surface area contributed by atoms with Crippen LogP contribution in [0, 0.1) is 0 Å². The average molecular weight is 452 g/mol. The number of nitrogens with zero attached hydrogens (tertiary/aromatic N) is 3. The summed E-state index contributed by atoms with van der Waals surface area (Å²) in [6.07, 6.45) is 6.81. The Bertz CT molecular complexity index is 346. The summed E-state index contributed by atoms with van der Waals surface area (Å²) in [6.45, 7) is 14.7. The standard InChI is InChI=1S/C18H36N4O.HI/c1-5-7-8-9-10-11-21(4)18(19-6-2)20-16-17(3)22-12-14-23-15-13-22;/h5,17H,1,6-16H2,2-4H3,(H,19,20);1H. The van der Waals surface area contributed by atoms with Crippen LogP contribution in [0.3, 0.4) is 0 Å². The monoisotopic (exact) mass is 452 g/mol. The first-order valence-electron chi connectivity index (χ1n) is 9.11. The molecule has 0 aromatic carbocycles. The molecule has 0 aromatic rings. The molecule has 1 N–H and O–H groups in total. The smallest absolute Gasteiger partial charge is 0.193 e. The lowest BCUT2D eigenvalue weighted by atomic mass is 10.2. The van der Waals surface area contributed by atoms with Gasteiger partial charge in [0.15, 0.2) is 5.96 Å². The fraction of sp³-hybridized carbons (Fsp3) is 0.833. The first-order valence-corrected chi connectivity index (χ1v) is 9.11. The van der Waals surface area contributed by atoms with Crippen LogP contribution in [0.25, 0.3) is 0 Å². The van der Waals surface area contributed by atoms with Gasteiger partial charge in [0.05, 0.1) is 19.8 Å². The zero-order valence-corrected chi connectivity index (χ0v) is 18.1. The average Bonchev–Trinajstić information content (AvgIpc) is 2.58. The van der Waals surface area contributed by atoms with E-state index in [4.69, 9.17) is 9.73 Å². The molecule has 0 aliphatic carbocycles. The minimum atomic E-state index is 0. The van der Waals surface area contributed by atoms with Gasteiger partial charge in [-0.25, -0.2) is 0 Å². The first kappa shape index (κ1) is 23.7. The van der Waals surface area contributed by atoms with E-state index in [-0.39, 0.29) is 24.0 Å². The van der Waals surface area contributed by atoms with Crippen LogP contribution in [0.5, 0.6) is 0 Å². The summed E-state index contributed by atoms with van der Waals surface area (Å²) >= 11 is 0. The predicted octanol–water partition coefficient (Wildman–Crippen LogP) is 2.97. The van der Waals surface area contributed by atoms with Crippen molar-refractivity contribution in [3.8, 4) is 0 Å². The van der Waals surface area contributed by atoms with Gasteiger partial charge in [-0.1, -0.05) is 12.5 Å². The van der Waals surface area contributed by atoms with Gasteiger partial charge in [0.1, 0.15) is 0 Å². The maximum atomic E-state index is 5.42. The highest BCUT2D eigenvalue weighted by Crippen LogP contribution is 2.05. The summed E-state index contributed by atoms with van der Waals surface area (Å²) in [4.78, 5) is 9.55. The fourth-order valence-electron chi connectivity index (χ4n) is 2.74. The summed E-state index contributed by atoms with van der Waals surface area (Å²) in [5, 5.41) is 3.41. The number of unbranched alkanes of at least 4 members (excludes halogenated alkanes) is 3. The number of nitrogens with one attached hydrogen (secondary N) is 1. The Morgan fingerprint density at radius 1 is 1.33 bits per heavy atom. The molecule has 1 aliphatic rings. The summed E-state index contributed by atoms with van der Waals surface area (Å²) in [6, 6.07) is 0.466. The molecule has 0 amide bonds. The Kier molecular flexibility index (Phi) is 14.7. The molecule has 1 aliphatic heterocycles. The molecule has 5 nitrogen and oxygen atoms in total. The van der Waals surface area contributed by atoms with E-state index < -0.39 is 0 Å². The molecule has 142 valence electrons. The molecule has 0 spiro atoms. The highest BCUT2D eigenvalue weighted by molar-refractivity contribution is 14.0. The second kappa shape index (κ2) is 15.0. The maximum absolute atomic E-state index is 5.42. The molecule has 1 saturated heterocycles. The van der Waals surface area contributed by atoms with Gasteiger partial charge in [0.25, 0.3) is 0 Å². The summed E-state index contributed by atoms with van der Waals surface area (Å²) < 4.78 is 5.42. The second-order valence-corrected chi connectivity index (χ2v) is 6.25. The van der Waals surface area contributed by atoms with Crippen molar-refractivity contribution < 1.29 is 4.74 Å². The Morgan fingerprint density at radius 2 is 2.04 bits per heavy atom. The third kappa shape index (κ3) is 9.84. The molecular formula is C18H37IN4O. The van der Waals surface area contributed by atoms with E-state index in [1.807, 2.05) is 6.08 Å². The van der Waals surface area contributed by atoms with Crippen molar-refractivity contribution in [3.05, 3.63) is 12.7 Å². The summed E-state index contributed by atoms with van der Waals surface area (Å²) in [7, 11) is 2.13. The van der Waals surface area contributed by atoms with Crippen LogP contribution in [0.4, 0.5) is 0 Å². The summed E-state index contributed by atoms with van der Waals surface area (Å²) in [5.41, 5.74) is 0. The van der Waals surface area contributed by atoms with Crippen LogP contribution in [0.15, 0.2) is 17.6 Å². The Hall–Kier alpha value is -0.340. The lowest BCUT2D eigenvalue weighted by molar-refractivity contribution is 0.0220. The molecule has 1 rings (SSSR count). The van der Waals surface area contributed by atoms with Gasteiger partial charge < -0.3 is 15.0 Å². The van der Waals surface area contributed by atoms with E-state index in [1.54, 1.807) is 0 Å². The zero-order valence-electron chi connectivity index (χ0n) is 15.8. The van der Waals surface area contributed by atoms with Crippen LogP contribution in [-0.2, 0) is 4.74 Å². The van der Waals surface area contributed by atoms with Gasteiger partial charge >= 0.3 is 0 Å². The highest BCUT2D eigenvalue weighted by atomic mass is 127. The second-order valence-electron chi connectivity index (χ2n) is 6.25. The maximum Gasteiger partial charge on any atom is 0.193 e. The van der Waals surface area contributed by atoms with Crippen molar-refractivity contribution in [1.29, 1.82) is 0 Å². The molecule has 0 bridgehead atoms. The van der Waals surface area contributed by atoms with Gasteiger partial charge in [0.2, 0.25) is 0 Å². The molecule has 6 heteroatoms. The molecule has 1 atom stereocenters. The quantitative estimate of drug-likeness (QED) is 0.182. The minimum Gasteiger partial charge on any atom is -0.379 e. The van der Waals surface area contributed by atoms with Gasteiger partial charge in [0, 0.05) is 39.3 Å². The van der Waals surface area contributed by atoms with Gasteiger partial charge in [-0.3, -0.25) is 9.89 Å². The summed E-state index contributed by atoms with van der Waals surface area (Å²) in [5.74, 6) is 1.02. The molecule has 1 heterocycles. The van der Waals surface area contributed by atoms with E-state index in [0.717, 1.165) is 58.3 Å². The molecule has 1 fully saturated rings. The van der Waals surface area contributed by atoms with Gasteiger partial charge in [-0.15, -0.1) is 30.6 Å². The van der Waals surface area contributed by atoms with Gasteiger partial charge in [-0.05, 0) is 33.1 Å². The highest BCUT2D eigenvalue weighted by Gasteiger charge is 2.17. The largest absolute Gasteiger partial charge is 0.379 e. The number of hydrogen-bond donors (Lipinski definition) is 1. The lowest BCUT2D eigenvalue weighted by Gasteiger charge is -2.32. The van der Waals surface area contributed by atoms with Crippen molar-refractivity contribution in [2.75, 3.05) is 53.0 Å².